The fraction of sp³-hybridized carbons (Fsp3) is 0.588. The van der Waals surface area contributed by atoms with Gasteiger partial charge < -0.3 is 0 Å². The number of aromatic nitrogens is 4. The molecule has 0 N–H and O–H groups in total. The molecule has 0 unspecified atom stereocenters. The van der Waals surface area contributed by atoms with E-state index in [1.807, 2.05) is 23.7 Å². The van der Waals surface area contributed by atoms with E-state index in [0.717, 1.165) is 48.7 Å². The molecule has 3 heterocycles. The first kappa shape index (κ1) is 18.0. The van der Waals surface area contributed by atoms with Crippen molar-refractivity contribution in [2.75, 3.05) is 19.3 Å². The largest absolute Gasteiger partial charge is 0.264 e. The first-order valence-corrected chi connectivity index (χ1v) is 10.5. The lowest BCUT2D eigenvalue weighted by Gasteiger charge is -2.29. The van der Waals surface area contributed by atoms with Crippen LogP contribution in [0.15, 0.2) is 18.3 Å². The molecule has 1 fully saturated rings. The van der Waals surface area contributed by atoms with E-state index in [1.54, 1.807) is 10.5 Å². The third-order valence-electron chi connectivity index (χ3n) is 4.69. The molecule has 25 heavy (non-hydrogen) atoms. The van der Waals surface area contributed by atoms with E-state index in [9.17, 15) is 8.42 Å². The number of hydrogen-bond donors (Lipinski definition) is 0. The number of sulfonamides is 1. The maximum atomic E-state index is 11.6. The van der Waals surface area contributed by atoms with E-state index in [0.29, 0.717) is 19.0 Å². The van der Waals surface area contributed by atoms with Crippen LogP contribution in [0.3, 0.4) is 0 Å². The summed E-state index contributed by atoms with van der Waals surface area (Å²) >= 11 is 0. The van der Waals surface area contributed by atoms with Crippen LogP contribution < -0.4 is 0 Å². The van der Waals surface area contributed by atoms with E-state index in [2.05, 4.69) is 17.0 Å². The van der Waals surface area contributed by atoms with Gasteiger partial charge in [-0.2, -0.15) is 5.10 Å². The molecule has 1 saturated heterocycles. The Morgan fingerprint density at radius 3 is 2.60 bits per heavy atom. The van der Waals surface area contributed by atoms with E-state index in [-0.39, 0.29) is 0 Å². The van der Waals surface area contributed by atoms with Crippen LogP contribution in [0.5, 0.6) is 0 Å². The predicted molar refractivity (Wildman–Crippen MR) is 96.5 cm³/mol. The van der Waals surface area contributed by atoms with E-state index >= 15 is 0 Å². The highest BCUT2D eigenvalue weighted by Crippen LogP contribution is 2.24. The van der Waals surface area contributed by atoms with Gasteiger partial charge in [-0.25, -0.2) is 22.7 Å². The summed E-state index contributed by atoms with van der Waals surface area (Å²) in [5, 5.41) is 4.31. The standard InChI is InChI=1S/C17H25N5O2S/c1-4-22-16(5-8-18-22)15-11-13(2)19-17(20-15)12-14-6-9-21(10-7-14)25(3,23)24/h5,8,11,14H,4,6-7,9-10,12H2,1-3H3. The first-order chi connectivity index (χ1) is 11.9. The number of aryl methyl sites for hydroxylation is 2. The molecule has 7 nitrogen and oxygen atoms in total. The molecule has 0 saturated carbocycles. The van der Waals surface area contributed by atoms with Crippen LogP contribution in [0, 0.1) is 12.8 Å². The molecule has 136 valence electrons. The van der Waals surface area contributed by atoms with Gasteiger partial charge in [-0.15, -0.1) is 0 Å². The lowest BCUT2D eigenvalue weighted by molar-refractivity contribution is 0.271. The highest BCUT2D eigenvalue weighted by Gasteiger charge is 2.25. The van der Waals surface area contributed by atoms with Gasteiger partial charge in [-0.3, -0.25) is 4.68 Å². The van der Waals surface area contributed by atoms with Crippen molar-refractivity contribution >= 4 is 10.0 Å². The van der Waals surface area contributed by atoms with Gasteiger partial charge in [0.05, 0.1) is 17.6 Å². The van der Waals surface area contributed by atoms with Crippen LogP contribution in [-0.4, -0.2) is 51.8 Å². The summed E-state index contributed by atoms with van der Waals surface area (Å²) in [7, 11) is -3.08. The van der Waals surface area contributed by atoms with Gasteiger partial charge >= 0.3 is 0 Å². The molecule has 0 radical (unpaired) electrons. The maximum Gasteiger partial charge on any atom is 0.211 e. The minimum atomic E-state index is -3.08. The monoisotopic (exact) mass is 363 g/mol. The molecule has 0 atom stereocenters. The van der Waals surface area contributed by atoms with Crippen molar-refractivity contribution in [1.29, 1.82) is 0 Å². The zero-order chi connectivity index (χ0) is 18.0. The molecule has 0 bridgehead atoms. The van der Waals surface area contributed by atoms with E-state index in [1.165, 1.54) is 6.26 Å². The van der Waals surface area contributed by atoms with Crippen LogP contribution in [0.25, 0.3) is 11.4 Å². The molecule has 1 aliphatic heterocycles. The average Bonchev–Trinajstić information content (AvgIpc) is 3.02. The number of nitrogens with zero attached hydrogens (tertiary/aromatic N) is 5. The summed E-state index contributed by atoms with van der Waals surface area (Å²) in [6.45, 7) is 6.01. The molecular weight excluding hydrogens is 338 g/mol. The van der Waals surface area contributed by atoms with E-state index < -0.39 is 10.0 Å². The van der Waals surface area contributed by atoms with Crippen LogP contribution in [0.4, 0.5) is 0 Å². The number of hydrogen-bond acceptors (Lipinski definition) is 5. The lowest BCUT2D eigenvalue weighted by atomic mass is 9.94. The Morgan fingerprint density at radius 2 is 1.96 bits per heavy atom. The lowest BCUT2D eigenvalue weighted by Crippen LogP contribution is -2.38. The van der Waals surface area contributed by atoms with Gasteiger partial charge in [0.15, 0.2) is 0 Å². The molecule has 0 spiro atoms. The van der Waals surface area contributed by atoms with Crippen molar-refractivity contribution in [3.05, 3.63) is 29.8 Å². The van der Waals surface area contributed by atoms with Crippen molar-refractivity contribution < 1.29 is 8.42 Å². The van der Waals surface area contributed by atoms with Gasteiger partial charge in [-0.05, 0) is 44.7 Å². The Bertz CT molecular complexity index is 838. The summed E-state index contributed by atoms with van der Waals surface area (Å²) in [4.78, 5) is 9.33. The molecule has 8 heteroatoms. The third kappa shape index (κ3) is 4.24. The van der Waals surface area contributed by atoms with Crippen molar-refractivity contribution in [3.63, 3.8) is 0 Å². The van der Waals surface area contributed by atoms with Crippen molar-refractivity contribution in [3.8, 4) is 11.4 Å². The van der Waals surface area contributed by atoms with Gasteiger partial charge in [0, 0.05) is 37.9 Å². The third-order valence-corrected chi connectivity index (χ3v) is 6.00. The highest BCUT2D eigenvalue weighted by atomic mass is 32.2. The van der Waals surface area contributed by atoms with Crippen LogP contribution >= 0.6 is 0 Å². The SMILES string of the molecule is CCn1nccc1-c1cc(C)nc(CC2CCN(S(C)(=O)=O)CC2)n1. The molecular formula is C17H25N5O2S. The number of piperidine rings is 1. The summed E-state index contributed by atoms with van der Waals surface area (Å²) in [6.07, 6.45) is 5.56. The average molecular weight is 363 g/mol. The second-order valence-corrected chi connectivity index (χ2v) is 8.63. The highest BCUT2D eigenvalue weighted by molar-refractivity contribution is 7.88. The van der Waals surface area contributed by atoms with Gasteiger partial charge in [0.2, 0.25) is 10.0 Å². The Hall–Kier alpha value is -1.80. The van der Waals surface area contributed by atoms with Crippen molar-refractivity contribution in [2.24, 2.45) is 5.92 Å². The number of rotatable bonds is 5. The zero-order valence-corrected chi connectivity index (χ0v) is 15.8. The molecule has 0 aliphatic carbocycles. The maximum absolute atomic E-state index is 11.6. The van der Waals surface area contributed by atoms with Gasteiger partial charge in [0.25, 0.3) is 0 Å². The van der Waals surface area contributed by atoms with Crippen LogP contribution in [-0.2, 0) is 23.0 Å². The summed E-state index contributed by atoms with van der Waals surface area (Å²) in [6, 6.07) is 3.96. The fourth-order valence-electron chi connectivity index (χ4n) is 3.36. The van der Waals surface area contributed by atoms with Crippen molar-refractivity contribution in [1.82, 2.24) is 24.1 Å². The Kier molecular flexibility index (Phi) is 5.19. The molecule has 2 aromatic rings. The molecule has 0 aromatic carbocycles. The second-order valence-electron chi connectivity index (χ2n) is 6.65. The van der Waals surface area contributed by atoms with Gasteiger partial charge in [0.1, 0.15) is 5.82 Å². The van der Waals surface area contributed by atoms with Crippen molar-refractivity contribution in [2.45, 2.75) is 39.7 Å². The minimum absolute atomic E-state index is 0.420. The summed E-state index contributed by atoms with van der Waals surface area (Å²) in [5.74, 6) is 1.25. The van der Waals surface area contributed by atoms with Crippen LogP contribution in [0.2, 0.25) is 0 Å². The molecule has 3 rings (SSSR count). The van der Waals surface area contributed by atoms with E-state index in [4.69, 9.17) is 4.98 Å². The Balaban J connectivity index is 1.74. The topological polar surface area (TPSA) is 81.0 Å². The second kappa shape index (κ2) is 7.21. The van der Waals surface area contributed by atoms with Gasteiger partial charge in [-0.1, -0.05) is 0 Å². The van der Waals surface area contributed by atoms with Crippen LogP contribution in [0.1, 0.15) is 31.3 Å². The summed E-state index contributed by atoms with van der Waals surface area (Å²) in [5.41, 5.74) is 2.84. The molecule has 0 amide bonds. The first-order valence-electron chi connectivity index (χ1n) is 8.68. The molecule has 1 aliphatic rings. The predicted octanol–water partition coefficient (Wildman–Crippen LogP) is 1.88. The fourth-order valence-corrected chi connectivity index (χ4v) is 4.23. The molecule has 2 aromatic heterocycles. The Labute approximate surface area is 149 Å². The Morgan fingerprint density at radius 1 is 1.24 bits per heavy atom. The quantitative estimate of drug-likeness (QED) is 0.810. The smallest absolute Gasteiger partial charge is 0.211 e. The zero-order valence-electron chi connectivity index (χ0n) is 15.0. The normalized spacial score (nSPS) is 17.1. The summed E-state index contributed by atoms with van der Waals surface area (Å²) < 4.78 is 26.7. The minimum Gasteiger partial charge on any atom is -0.264 e.